The van der Waals surface area contributed by atoms with Crippen LogP contribution in [0.3, 0.4) is 0 Å². The van der Waals surface area contributed by atoms with Gasteiger partial charge in [-0.3, -0.25) is 4.79 Å². The number of carbonyl (C=O) groups is 1. The Labute approximate surface area is 171 Å². The molecule has 5 rings (SSSR count). The van der Waals surface area contributed by atoms with Crippen molar-refractivity contribution < 1.29 is 9.53 Å². The summed E-state index contributed by atoms with van der Waals surface area (Å²) in [5, 5.41) is 7.99. The molecular formula is C21H30N6O2. The summed E-state index contributed by atoms with van der Waals surface area (Å²) in [4.78, 5) is 22.2. The molecule has 3 aliphatic rings. The van der Waals surface area contributed by atoms with Crippen LogP contribution in [0.2, 0.25) is 0 Å². The number of anilines is 1. The van der Waals surface area contributed by atoms with Crippen molar-refractivity contribution in [2.45, 2.75) is 38.2 Å². The van der Waals surface area contributed by atoms with Crippen LogP contribution in [0, 0.1) is 5.92 Å². The fourth-order valence-corrected chi connectivity index (χ4v) is 4.81. The van der Waals surface area contributed by atoms with E-state index in [1.54, 1.807) is 7.11 Å². The van der Waals surface area contributed by atoms with Crippen molar-refractivity contribution in [1.82, 2.24) is 24.8 Å². The molecule has 2 fully saturated rings. The van der Waals surface area contributed by atoms with Crippen molar-refractivity contribution in [3.63, 3.8) is 0 Å². The van der Waals surface area contributed by atoms with E-state index in [2.05, 4.69) is 22.2 Å². The number of rotatable bonds is 3. The highest BCUT2D eigenvalue weighted by Crippen LogP contribution is 2.33. The molecule has 0 atom stereocenters. The van der Waals surface area contributed by atoms with Gasteiger partial charge in [0.15, 0.2) is 5.65 Å². The molecule has 0 aliphatic carbocycles. The molecule has 0 radical (unpaired) electrons. The van der Waals surface area contributed by atoms with Gasteiger partial charge in [-0.05, 0) is 32.7 Å². The van der Waals surface area contributed by atoms with E-state index in [9.17, 15) is 4.79 Å². The molecule has 2 aromatic heterocycles. The minimum absolute atomic E-state index is 0.0697. The summed E-state index contributed by atoms with van der Waals surface area (Å²) < 4.78 is 7.57. The molecule has 0 aromatic carbocycles. The summed E-state index contributed by atoms with van der Waals surface area (Å²) in [6, 6.07) is 1.96. The van der Waals surface area contributed by atoms with E-state index in [0.717, 1.165) is 76.4 Å². The third-order valence-electron chi connectivity index (χ3n) is 6.94. The van der Waals surface area contributed by atoms with Gasteiger partial charge in [-0.25, -0.2) is 4.98 Å². The van der Waals surface area contributed by atoms with Gasteiger partial charge in [-0.1, -0.05) is 0 Å². The fourth-order valence-electron chi connectivity index (χ4n) is 4.81. The molecule has 156 valence electrons. The van der Waals surface area contributed by atoms with Gasteiger partial charge in [0, 0.05) is 57.9 Å². The number of piperidine rings is 1. The summed E-state index contributed by atoms with van der Waals surface area (Å²) in [5.74, 6) is 1.49. The summed E-state index contributed by atoms with van der Waals surface area (Å²) in [7, 11) is 1.77. The molecular weight excluding hydrogens is 368 g/mol. The molecule has 8 heteroatoms. The summed E-state index contributed by atoms with van der Waals surface area (Å²) in [6.07, 6.45) is 5.51. The largest absolute Gasteiger partial charge is 0.378 e. The van der Waals surface area contributed by atoms with E-state index in [1.807, 2.05) is 21.7 Å². The maximum absolute atomic E-state index is 13.0. The number of methoxy groups -OCH3 is 1. The first-order valence-corrected chi connectivity index (χ1v) is 10.7. The Morgan fingerprint density at radius 3 is 2.76 bits per heavy atom. The number of amides is 1. The van der Waals surface area contributed by atoms with E-state index in [1.165, 1.54) is 11.3 Å². The fraction of sp³-hybridized carbons (Fsp3) is 0.667. The van der Waals surface area contributed by atoms with Crippen LogP contribution in [-0.4, -0.2) is 77.4 Å². The van der Waals surface area contributed by atoms with Gasteiger partial charge in [-0.15, -0.1) is 0 Å². The molecule has 5 heterocycles. The van der Waals surface area contributed by atoms with Crippen molar-refractivity contribution in [3.05, 3.63) is 23.5 Å². The standard InChI is InChI=1S/C21H30N6O2/c1-21(29-2)6-11-25(12-7-21)20(28)15-13-26(14-15)19-16-3-8-22-9-4-17(16)24-18-5-10-23-27(18)19/h5,10,15,22H,3-4,6-9,11-14H2,1-2H3. The number of ether oxygens (including phenoxy) is 1. The van der Waals surface area contributed by atoms with Crippen molar-refractivity contribution in [1.29, 1.82) is 0 Å². The van der Waals surface area contributed by atoms with E-state index in [4.69, 9.17) is 9.72 Å². The molecule has 29 heavy (non-hydrogen) atoms. The van der Waals surface area contributed by atoms with Crippen LogP contribution < -0.4 is 10.2 Å². The minimum Gasteiger partial charge on any atom is -0.378 e. The van der Waals surface area contributed by atoms with Crippen molar-refractivity contribution in [3.8, 4) is 0 Å². The second kappa shape index (κ2) is 7.25. The lowest BCUT2D eigenvalue weighted by atomic mass is 9.91. The van der Waals surface area contributed by atoms with Crippen LogP contribution in [-0.2, 0) is 22.4 Å². The Balaban J connectivity index is 1.32. The van der Waals surface area contributed by atoms with Gasteiger partial charge in [0.2, 0.25) is 5.91 Å². The first kappa shape index (κ1) is 18.8. The lowest BCUT2D eigenvalue weighted by Crippen LogP contribution is -2.57. The van der Waals surface area contributed by atoms with E-state index < -0.39 is 0 Å². The Kier molecular flexibility index (Phi) is 4.70. The van der Waals surface area contributed by atoms with Crippen molar-refractivity contribution >= 4 is 17.4 Å². The van der Waals surface area contributed by atoms with Gasteiger partial charge >= 0.3 is 0 Å². The first-order chi connectivity index (χ1) is 14.1. The van der Waals surface area contributed by atoms with Crippen LogP contribution in [0.25, 0.3) is 5.65 Å². The Morgan fingerprint density at radius 2 is 2.00 bits per heavy atom. The highest BCUT2D eigenvalue weighted by molar-refractivity contribution is 5.82. The maximum Gasteiger partial charge on any atom is 0.229 e. The Bertz CT molecular complexity index is 911. The zero-order chi connectivity index (χ0) is 20.0. The third-order valence-corrected chi connectivity index (χ3v) is 6.94. The number of likely N-dealkylation sites (tertiary alicyclic amines) is 1. The predicted octanol–water partition coefficient (Wildman–Crippen LogP) is 0.881. The lowest BCUT2D eigenvalue weighted by molar-refractivity contribution is -0.141. The van der Waals surface area contributed by atoms with Crippen LogP contribution >= 0.6 is 0 Å². The smallest absolute Gasteiger partial charge is 0.229 e. The number of hydrogen-bond acceptors (Lipinski definition) is 6. The molecule has 8 nitrogen and oxygen atoms in total. The highest BCUT2D eigenvalue weighted by atomic mass is 16.5. The lowest BCUT2D eigenvalue weighted by Gasteiger charge is -2.45. The summed E-state index contributed by atoms with van der Waals surface area (Å²) >= 11 is 0. The van der Waals surface area contributed by atoms with E-state index in [0.29, 0.717) is 0 Å². The third kappa shape index (κ3) is 3.28. The highest BCUT2D eigenvalue weighted by Gasteiger charge is 2.40. The second-order valence-corrected chi connectivity index (χ2v) is 8.79. The summed E-state index contributed by atoms with van der Waals surface area (Å²) in [6.45, 7) is 7.15. The number of aromatic nitrogens is 3. The molecule has 0 saturated carbocycles. The first-order valence-electron chi connectivity index (χ1n) is 10.7. The minimum atomic E-state index is -0.0865. The number of hydrogen-bond donors (Lipinski definition) is 1. The number of fused-ring (bicyclic) bond motifs is 2. The van der Waals surface area contributed by atoms with Gasteiger partial charge in [0.1, 0.15) is 5.82 Å². The van der Waals surface area contributed by atoms with Gasteiger partial charge in [0.05, 0.1) is 23.4 Å². The van der Waals surface area contributed by atoms with Crippen LogP contribution in [0.5, 0.6) is 0 Å². The molecule has 1 N–H and O–H groups in total. The van der Waals surface area contributed by atoms with Gasteiger partial charge < -0.3 is 19.9 Å². The zero-order valence-electron chi connectivity index (χ0n) is 17.4. The average Bonchev–Trinajstić information content (AvgIpc) is 3.03. The Morgan fingerprint density at radius 1 is 1.24 bits per heavy atom. The predicted molar refractivity (Wildman–Crippen MR) is 110 cm³/mol. The summed E-state index contributed by atoms with van der Waals surface area (Å²) in [5.41, 5.74) is 3.26. The second-order valence-electron chi connectivity index (χ2n) is 8.79. The van der Waals surface area contributed by atoms with Crippen LogP contribution in [0.15, 0.2) is 12.3 Å². The molecule has 0 spiro atoms. The monoisotopic (exact) mass is 398 g/mol. The van der Waals surface area contributed by atoms with Crippen molar-refractivity contribution in [2.75, 3.05) is 51.3 Å². The number of carbonyl (C=O) groups excluding carboxylic acids is 1. The van der Waals surface area contributed by atoms with Gasteiger partial charge in [0.25, 0.3) is 0 Å². The van der Waals surface area contributed by atoms with Gasteiger partial charge in [-0.2, -0.15) is 9.61 Å². The molecule has 2 aromatic rings. The molecule has 0 unspecified atom stereocenters. The number of nitrogens with zero attached hydrogens (tertiary/aromatic N) is 5. The molecule has 0 bridgehead atoms. The van der Waals surface area contributed by atoms with E-state index in [-0.39, 0.29) is 17.4 Å². The average molecular weight is 399 g/mol. The number of nitrogens with one attached hydrogen (secondary N) is 1. The van der Waals surface area contributed by atoms with Crippen LogP contribution in [0.4, 0.5) is 5.82 Å². The molecule has 3 aliphatic heterocycles. The zero-order valence-corrected chi connectivity index (χ0v) is 17.4. The quantitative estimate of drug-likeness (QED) is 0.827. The molecule has 2 saturated heterocycles. The van der Waals surface area contributed by atoms with E-state index >= 15 is 0 Å². The maximum atomic E-state index is 13.0. The molecule has 1 amide bonds. The Hall–Kier alpha value is -2.19. The topological polar surface area (TPSA) is 75.0 Å². The normalized spacial score (nSPS) is 22.3. The van der Waals surface area contributed by atoms with Crippen LogP contribution in [0.1, 0.15) is 31.0 Å². The van der Waals surface area contributed by atoms with Crippen molar-refractivity contribution in [2.24, 2.45) is 5.92 Å². The SMILES string of the molecule is COC1(C)CCN(C(=O)C2CN(c3c4c(nc5ccnn35)CCNCC4)C2)CC1.